The Morgan fingerprint density at radius 1 is 1.56 bits per heavy atom. The fourth-order valence-corrected chi connectivity index (χ4v) is 1.19. The van der Waals surface area contributed by atoms with E-state index in [0.29, 0.717) is 17.4 Å². The summed E-state index contributed by atoms with van der Waals surface area (Å²) in [6.07, 6.45) is 1.87. The molecule has 86 valence electrons. The van der Waals surface area contributed by atoms with Crippen molar-refractivity contribution in [2.75, 3.05) is 6.61 Å². The summed E-state index contributed by atoms with van der Waals surface area (Å²) in [4.78, 5) is 10.1. The summed E-state index contributed by atoms with van der Waals surface area (Å²) in [5.41, 5.74) is 1.08. The molecule has 0 radical (unpaired) electrons. The summed E-state index contributed by atoms with van der Waals surface area (Å²) in [5.74, 6) is 0.327. The Labute approximate surface area is 98.6 Å². The maximum absolute atomic E-state index is 10.5. The van der Waals surface area contributed by atoms with Crippen molar-refractivity contribution in [3.8, 4) is 5.75 Å². The van der Waals surface area contributed by atoms with Gasteiger partial charge in [0.25, 0.3) is 5.69 Å². The quantitative estimate of drug-likeness (QED) is 0.460. The summed E-state index contributed by atoms with van der Waals surface area (Å²) in [7, 11) is 0. The van der Waals surface area contributed by atoms with Gasteiger partial charge in [-0.3, -0.25) is 10.1 Å². The highest BCUT2D eigenvalue weighted by atomic mass is 35.5. The standard InChI is InChI=1S/C11H12ClNO3/c1-8(2)5-6-16-11-7-9(13(14)15)3-4-10(11)12/h3-5,7H,6H2,1-2H3. The van der Waals surface area contributed by atoms with Crippen LogP contribution in [0.1, 0.15) is 13.8 Å². The second-order valence-electron chi connectivity index (χ2n) is 3.46. The molecule has 4 nitrogen and oxygen atoms in total. The highest BCUT2D eigenvalue weighted by Gasteiger charge is 2.10. The van der Waals surface area contributed by atoms with Crippen molar-refractivity contribution in [2.24, 2.45) is 0 Å². The molecule has 0 aliphatic heterocycles. The Kier molecular flexibility index (Phi) is 4.31. The van der Waals surface area contributed by atoms with Crippen LogP contribution in [0.2, 0.25) is 5.02 Å². The number of nitro benzene ring substituents is 1. The average molecular weight is 242 g/mol. The average Bonchev–Trinajstić information content (AvgIpc) is 2.20. The van der Waals surface area contributed by atoms with E-state index in [1.165, 1.54) is 18.2 Å². The van der Waals surface area contributed by atoms with Crippen molar-refractivity contribution in [2.45, 2.75) is 13.8 Å². The van der Waals surface area contributed by atoms with Gasteiger partial charge >= 0.3 is 0 Å². The summed E-state index contributed by atoms with van der Waals surface area (Å²) in [6, 6.07) is 4.12. The van der Waals surface area contributed by atoms with E-state index < -0.39 is 4.92 Å². The van der Waals surface area contributed by atoms with E-state index in [0.717, 1.165) is 5.57 Å². The predicted octanol–water partition coefficient (Wildman–Crippen LogP) is 3.59. The number of halogens is 1. The number of ether oxygens (including phenoxy) is 1. The van der Waals surface area contributed by atoms with E-state index in [-0.39, 0.29) is 5.69 Å². The second kappa shape index (κ2) is 5.51. The Morgan fingerprint density at radius 3 is 2.81 bits per heavy atom. The lowest BCUT2D eigenvalue weighted by atomic mass is 10.3. The van der Waals surface area contributed by atoms with Gasteiger partial charge in [0.1, 0.15) is 12.4 Å². The Hall–Kier alpha value is -1.55. The highest BCUT2D eigenvalue weighted by Crippen LogP contribution is 2.28. The van der Waals surface area contributed by atoms with Crippen molar-refractivity contribution >= 4 is 17.3 Å². The Bertz CT molecular complexity index is 425. The van der Waals surface area contributed by atoms with Crippen molar-refractivity contribution < 1.29 is 9.66 Å². The smallest absolute Gasteiger partial charge is 0.273 e. The number of non-ortho nitro benzene ring substituents is 1. The van der Waals surface area contributed by atoms with Crippen LogP contribution in [-0.4, -0.2) is 11.5 Å². The third-order valence-corrected chi connectivity index (χ3v) is 2.17. The van der Waals surface area contributed by atoms with Gasteiger partial charge in [-0.1, -0.05) is 17.2 Å². The summed E-state index contributed by atoms with van der Waals surface area (Å²) < 4.78 is 5.33. The van der Waals surface area contributed by atoms with E-state index >= 15 is 0 Å². The maximum atomic E-state index is 10.5. The van der Waals surface area contributed by atoms with Crippen LogP contribution < -0.4 is 4.74 Å². The first-order valence-corrected chi connectivity index (χ1v) is 5.08. The fourth-order valence-electron chi connectivity index (χ4n) is 1.01. The summed E-state index contributed by atoms with van der Waals surface area (Å²) >= 11 is 5.85. The molecule has 1 rings (SSSR count). The van der Waals surface area contributed by atoms with E-state index in [1.807, 2.05) is 19.9 Å². The molecular formula is C11H12ClNO3. The number of hydrogen-bond acceptors (Lipinski definition) is 3. The fraction of sp³-hybridized carbons (Fsp3) is 0.273. The van der Waals surface area contributed by atoms with E-state index in [4.69, 9.17) is 16.3 Å². The minimum Gasteiger partial charge on any atom is -0.488 e. The van der Waals surface area contributed by atoms with Crippen LogP contribution in [0.15, 0.2) is 29.8 Å². The maximum Gasteiger partial charge on any atom is 0.273 e. The lowest BCUT2D eigenvalue weighted by Gasteiger charge is -2.05. The number of hydrogen-bond donors (Lipinski definition) is 0. The van der Waals surface area contributed by atoms with Gasteiger partial charge in [-0.25, -0.2) is 0 Å². The van der Waals surface area contributed by atoms with Crippen LogP contribution in [0.3, 0.4) is 0 Å². The zero-order valence-corrected chi connectivity index (χ0v) is 9.82. The second-order valence-corrected chi connectivity index (χ2v) is 3.87. The van der Waals surface area contributed by atoms with Gasteiger partial charge in [0.05, 0.1) is 16.0 Å². The molecule has 1 aromatic rings. The summed E-state index contributed by atoms with van der Waals surface area (Å²) in [6.45, 7) is 4.24. The molecule has 0 saturated carbocycles. The SMILES string of the molecule is CC(C)=CCOc1cc([N+](=O)[O-])ccc1Cl. The highest BCUT2D eigenvalue weighted by molar-refractivity contribution is 6.32. The molecule has 0 aromatic heterocycles. The molecule has 0 fully saturated rings. The molecular weight excluding hydrogens is 230 g/mol. The van der Waals surface area contributed by atoms with E-state index in [9.17, 15) is 10.1 Å². The first kappa shape index (κ1) is 12.5. The molecule has 0 bridgehead atoms. The molecule has 0 spiro atoms. The van der Waals surface area contributed by atoms with Crippen molar-refractivity contribution in [1.82, 2.24) is 0 Å². The number of nitrogens with zero attached hydrogens (tertiary/aromatic N) is 1. The van der Waals surface area contributed by atoms with Crippen LogP contribution >= 0.6 is 11.6 Å². The molecule has 0 amide bonds. The molecule has 0 aliphatic rings. The zero-order chi connectivity index (χ0) is 12.1. The summed E-state index contributed by atoms with van der Waals surface area (Å²) in [5, 5.41) is 10.9. The van der Waals surface area contributed by atoms with E-state index in [2.05, 4.69) is 0 Å². The van der Waals surface area contributed by atoms with Gasteiger partial charge in [0, 0.05) is 6.07 Å². The van der Waals surface area contributed by atoms with Gasteiger partial charge < -0.3 is 4.74 Å². The lowest BCUT2D eigenvalue weighted by molar-refractivity contribution is -0.384. The van der Waals surface area contributed by atoms with Crippen LogP contribution in [0.5, 0.6) is 5.75 Å². The molecule has 0 N–H and O–H groups in total. The van der Waals surface area contributed by atoms with Gasteiger partial charge in [-0.2, -0.15) is 0 Å². The van der Waals surface area contributed by atoms with Crippen molar-refractivity contribution in [3.05, 3.63) is 45.0 Å². The van der Waals surface area contributed by atoms with E-state index in [1.54, 1.807) is 0 Å². The van der Waals surface area contributed by atoms with Crippen molar-refractivity contribution in [3.63, 3.8) is 0 Å². The van der Waals surface area contributed by atoms with Gasteiger partial charge in [-0.05, 0) is 26.0 Å². The molecule has 0 atom stereocenters. The zero-order valence-electron chi connectivity index (χ0n) is 9.07. The minimum absolute atomic E-state index is 0.0309. The molecule has 1 aromatic carbocycles. The molecule has 5 heteroatoms. The first-order valence-electron chi connectivity index (χ1n) is 4.71. The largest absolute Gasteiger partial charge is 0.488 e. The monoisotopic (exact) mass is 241 g/mol. The van der Waals surface area contributed by atoms with Gasteiger partial charge in [0.2, 0.25) is 0 Å². The van der Waals surface area contributed by atoms with Gasteiger partial charge in [-0.15, -0.1) is 0 Å². The number of allylic oxidation sites excluding steroid dienone is 1. The predicted molar refractivity (Wildman–Crippen MR) is 63.0 cm³/mol. The lowest BCUT2D eigenvalue weighted by Crippen LogP contribution is -1.96. The van der Waals surface area contributed by atoms with Crippen LogP contribution in [0.25, 0.3) is 0 Å². The molecule has 16 heavy (non-hydrogen) atoms. The minimum atomic E-state index is -0.482. The number of rotatable bonds is 4. The van der Waals surface area contributed by atoms with Crippen LogP contribution in [-0.2, 0) is 0 Å². The van der Waals surface area contributed by atoms with Crippen molar-refractivity contribution in [1.29, 1.82) is 0 Å². The Morgan fingerprint density at radius 2 is 2.25 bits per heavy atom. The number of benzene rings is 1. The van der Waals surface area contributed by atoms with Gasteiger partial charge in [0.15, 0.2) is 0 Å². The molecule has 0 saturated heterocycles. The Balaban J connectivity index is 2.82. The molecule has 0 aliphatic carbocycles. The third-order valence-electron chi connectivity index (χ3n) is 1.86. The number of nitro groups is 1. The normalized spacial score (nSPS) is 9.69. The molecule has 0 unspecified atom stereocenters. The first-order chi connectivity index (χ1) is 7.50. The molecule has 0 heterocycles. The topological polar surface area (TPSA) is 52.4 Å². The van der Waals surface area contributed by atoms with Crippen LogP contribution in [0, 0.1) is 10.1 Å². The third kappa shape index (κ3) is 3.55. The van der Waals surface area contributed by atoms with Crippen LogP contribution in [0.4, 0.5) is 5.69 Å².